The van der Waals surface area contributed by atoms with Gasteiger partial charge in [-0.1, -0.05) is 12.1 Å². The van der Waals surface area contributed by atoms with E-state index in [0.29, 0.717) is 24.8 Å². The molecule has 0 amide bonds. The third kappa shape index (κ3) is 1.64. The van der Waals surface area contributed by atoms with E-state index in [9.17, 15) is 8.78 Å². The molecular weight excluding hydrogens is 184 g/mol. The fourth-order valence-corrected chi connectivity index (χ4v) is 2.06. The van der Waals surface area contributed by atoms with Crippen LogP contribution in [0.5, 0.6) is 0 Å². The molecule has 1 saturated carbocycles. The second-order valence-electron chi connectivity index (χ2n) is 3.98. The lowest BCUT2D eigenvalue weighted by molar-refractivity contribution is 0.172. The summed E-state index contributed by atoms with van der Waals surface area (Å²) in [5.41, 5.74) is 4.66. The molecule has 1 aliphatic rings. The summed E-state index contributed by atoms with van der Waals surface area (Å²) in [7, 11) is 0. The number of nitrogens with two attached hydrogens (primary N) is 1. The van der Waals surface area contributed by atoms with Gasteiger partial charge in [-0.3, -0.25) is 0 Å². The van der Waals surface area contributed by atoms with Gasteiger partial charge in [0.05, 0.1) is 0 Å². The van der Waals surface area contributed by atoms with Gasteiger partial charge in [0, 0.05) is 12.5 Å². The Bertz CT molecular complexity index is 340. The molecule has 1 aromatic rings. The highest BCUT2D eigenvalue weighted by atomic mass is 19.1. The van der Waals surface area contributed by atoms with Gasteiger partial charge in [0.25, 0.3) is 0 Å². The SMILES string of the molecule is NC1CCC(F)(c2cccc(F)c2)C1. The predicted molar refractivity (Wildman–Crippen MR) is 51.0 cm³/mol. The van der Waals surface area contributed by atoms with E-state index in [1.807, 2.05) is 0 Å². The Hall–Kier alpha value is -0.960. The molecule has 1 aliphatic carbocycles. The number of hydrogen-bond acceptors (Lipinski definition) is 1. The quantitative estimate of drug-likeness (QED) is 0.735. The van der Waals surface area contributed by atoms with Crippen LogP contribution < -0.4 is 5.73 Å². The van der Waals surface area contributed by atoms with Crippen LogP contribution in [0.2, 0.25) is 0 Å². The molecular formula is C11H13F2N. The third-order valence-electron chi connectivity index (χ3n) is 2.84. The summed E-state index contributed by atoms with van der Waals surface area (Å²) >= 11 is 0. The van der Waals surface area contributed by atoms with Crippen molar-refractivity contribution in [3.63, 3.8) is 0 Å². The van der Waals surface area contributed by atoms with Gasteiger partial charge >= 0.3 is 0 Å². The minimum Gasteiger partial charge on any atom is -0.328 e. The van der Waals surface area contributed by atoms with Crippen molar-refractivity contribution < 1.29 is 8.78 Å². The Labute approximate surface area is 81.9 Å². The highest BCUT2D eigenvalue weighted by molar-refractivity contribution is 5.25. The molecule has 1 fully saturated rings. The van der Waals surface area contributed by atoms with Crippen LogP contribution in [0.4, 0.5) is 8.78 Å². The highest BCUT2D eigenvalue weighted by Crippen LogP contribution is 2.41. The summed E-state index contributed by atoms with van der Waals surface area (Å²) < 4.78 is 27.1. The van der Waals surface area contributed by atoms with Crippen molar-refractivity contribution >= 4 is 0 Å². The molecule has 2 atom stereocenters. The van der Waals surface area contributed by atoms with Gasteiger partial charge in [-0.25, -0.2) is 8.78 Å². The number of halogens is 2. The van der Waals surface area contributed by atoms with Gasteiger partial charge in [0.1, 0.15) is 11.5 Å². The first-order chi connectivity index (χ1) is 6.60. The van der Waals surface area contributed by atoms with Gasteiger partial charge in [-0.2, -0.15) is 0 Å². The Kier molecular flexibility index (Phi) is 2.27. The first-order valence-electron chi connectivity index (χ1n) is 4.81. The van der Waals surface area contributed by atoms with Crippen LogP contribution in [0.25, 0.3) is 0 Å². The molecule has 1 nitrogen and oxygen atoms in total. The third-order valence-corrected chi connectivity index (χ3v) is 2.84. The fourth-order valence-electron chi connectivity index (χ4n) is 2.06. The lowest BCUT2D eigenvalue weighted by Gasteiger charge is -2.19. The van der Waals surface area contributed by atoms with Crippen LogP contribution >= 0.6 is 0 Å². The van der Waals surface area contributed by atoms with E-state index in [4.69, 9.17) is 5.73 Å². The van der Waals surface area contributed by atoms with Crippen LogP contribution in [0.1, 0.15) is 24.8 Å². The molecule has 2 unspecified atom stereocenters. The number of alkyl halides is 1. The monoisotopic (exact) mass is 197 g/mol. The molecule has 0 aliphatic heterocycles. The molecule has 0 heterocycles. The fraction of sp³-hybridized carbons (Fsp3) is 0.455. The zero-order valence-electron chi connectivity index (χ0n) is 7.84. The normalized spacial score (nSPS) is 32.1. The van der Waals surface area contributed by atoms with E-state index in [0.717, 1.165) is 0 Å². The van der Waals surface area contributed by atoms with E-state index in [-0.39, 0.29) is 11.9 Å². The molecule has 14 heavy (non-hydrogen) atoms. The van der Waals surface area contributed by atoms with Crippen molar-refractivity contribution in [3.8, 4) is 0 Å². The second-order valence-corrected chi connectivity index (χ2v) is 3.98. The van der Waals surface area contributed by atoms with Crippen molar-refractivity contribution in [2.45, 2.75) is 31.0 Å². The van der Waals surface area contributed by atoms with Gasteiger partial charge in [-0.05, 0) is 30.5 Å². The minimum absolute atomic E-state index is 0.0942. The Balaban J connectivity index is 2.30. The van der Waals surface area contributed by atoms with E-state index >= 15 is 0 Å². The van der Waals surface area contributed by atoms with Crippen molar-refractivity contribution in [2.24, 2.45) is 5.73 Å². The molecule has 0 spiro atoms. The van der Waals surface area contributed by atoms with Crippen molar-refractivity contribution in [1.82, 2.24) is 0 Å². The molecule has 2 N–H and O–H groups in total. The molecule has 76 valence electrons. The van der Waals surface area contributed by atoms with Gasteiger partial charge in [0.2, 0.25) is 0 Å². The van der Waals surface area contributed by atoms with Crippen molar-refractivity contribution in [3.05, 3.63) is 35.6 Å². The molecule has 3 heteroatoms. The highest BCUT2D eigenvalue weighted by Gasteiger charge is 2.39. The van der Waals surface area contributed by atoms with Crippen molar-refractivity contribution in [2.75, 3.05) is 0 Å². The van der Waals surface area contributed by atoms with Gasteiger partial charge in [0.15, 0.2) is 0 Å². The largest absolute Gasteiger partial charge is 0.328 e. The standard InChI is InChI=1S/C11H13F2N/c12-9-3-1-2-8(6-9)11(13)5-4-10(14)7-11/h1-3,6,10H,4-5,7,14H2. The van der Waals surface area contributed by atoms with Crippen LogP contribution in [-0.2, 0) is 5.67 Å². The summed E-state index contributed by atoms with van der Waals surface area (Å²) in [4.78, 5) is 0. The smallest absolute Gasteiger partial charge is 0.137 e. The summed E-state index contributed by atoms with van der Waals surface area (Å²) in [6.07, 6.45) is 1.38. The van der Waals surface area contributed by atoms with E-state index < -0.39 is 5.67 Å². The van der Waals surface area contributed by atoms with Crippen LogP contribution in [-0.4, -0.2) is 6.04 Å². The summed E-state index contributed by atoms with van der Waals surface area (Å²) in [5.74, 6) is -0.389. The van der Waals surface area contributed by atoms with Crippen molar-refractivity contribution in [1.29, 1.82) is 0 Å². The first kappa shape index (κ1) is 9.59. The molecule has 1 aromatic carbocycles. The zero-order valence-corrected chi connectivity index (χ0v) is 7.84. The predicted octanol–water partition coefficient (Wildman–Crippen LogP) is 2.50. The average molecular weight is 197 g/mol. The number of rotatable bonds is 1. The Morgan fingerprint density at radius 2 is 2.21 bits per heavy atom. The van der Waals surface area contributed by atoms with E-state index in [1.165, 1.54) is 18.2 Å². The molecule has 0 radical (unpaired) electrons. The van der Waals surface area contributed by atoms with Crippen LogP contribution in [0.15, 0.2) is 24.3 Å². The number of hydrogen-bond donors (Lipinski definition) is 1. The minimum atomic E-state index is -1.42. The van der Waals surface area contributed by atoms with Crippen LogP contribution in [0.3, 0.4) is 0 Å². The topological polar surface area (TPSA) is 26.0 Å². The van der Waals surface area contributed by atoms with E-state index in [2.05, 4.69) is 0 Å². The maximum absolute atomic E-state index is 14.2. The van der Waals surface area contributed by atoms with E-state index in [1.54, 1.807) is 6.07 Å². The number of benzene rings is 1. The maximum Gasteiger partial charge on any atom is 0.137 e. The Morgan fingerprint density at radius 1 is 1.43 bits per heavy atom. The molecule has 0 saturated heterocycles. The molecule has 2 rings (SSSR count). The van der Waals surface area contributed by atoms with Gasteiger partial charge < -0.3 is 5.73 Å². The first-order valence-corrected chi connectivity index (χ1v) is 4.81. The Morgan fingerprint density at radius 3 is 2.79 bits per heavy atom. The van der Waals surface area contributed by atoms with Crippen LogP contribution in [0, 0.1) is 5.82 Å². The summed E-state index contributed by atoms with van der Waals surface area (Å²) in [6.45, 7) is 0. The lowest BCUT2D eigenvalue weighted by atomic mass is 9.94. The molecule has 0 aromatic heterocycles. The second kappa shape index (κ2) is 3.31. The zero-order chi connectivity index (χ0) is 10.2. The summed E-state index contributed by atoms with van der Waals surface area (Å²) in [6, 6.07) is 5.65. The molecule has 0 bridgehead atoms. The summed E-state index contributed by atoms with van der Waals surface area (Å²) in [5, 5.41) is 0. The maximum atomic E-state index is 14.2. The van der Waals surface area contributed by atoms with Gasteiger partial charge in [-0.15, -0.1) is 0 Å². The average Bonchev–Trinajstić information content (AvgIpc) is 2.48. The lowest BCUT2D eigenvalue weighted by Crippen LogP contribution is -2.21.